The summed E-state index contributed by atoms with van der Waals surface area (Å²) < 4.78 is 4.79. The van der Waals surface area contributed by atoms with E-state index in [0.29, 0.717) is 12.2 Å². The maximum absolute atomic E-state index is 10.2. The summed E-state index contributed by atoms with van der Waals surface area (Å²) in [5.41, 5.74) is 2.15. The van der Waals surface area contributed by atoms with Crippen LogP contribution in [0.5, 0.6) is 5.75 Å². The van der Waals surface area contributed by atoms with Crippen molar-refractivity contribution in [1.29, 1.82) is 0 Å². The first-order chi connectivity index (χ1) is 6.69. The monoisotopic (exact) mass is 211 g/mol. The zero-order valence-corrected chi connectivity index (χ0v) is 9.49. The summed E-state index contributed by atoms with van der Waals surface area (Å²) in [5, 5.41) is 4.23. The number of hydrogen-bond acceptors (Lipinski definition) is 3. The molecular weight excluding hydrogens is 197 g/mol. The van der Waals surface area contributed by atoms with E-state index >= 15 is 0 Å². The van der Waals surface area contributed by atoms with Crippen molar-refractivity contribution in [3.63, 3.8) is 0 Å². The molecule has 0 spiro atoms. The van der Waals surface area contributed by atoms with E-state index in [0.717, 1.165) is 23.1 Å². The molecule has 1 unspecified atom stereocenters. The zero-order chi connectivity index (χ0) is 10.6. The number of nitrogens with one attached hydrogen (secondary N) is 1. The van der Waals surface area contributed by atoms with E-state index in [1.165, 1.54) is 0 Å². The topological polar surface area (TPSA) is 38.3 Å². The maximum Gasteiger partial charge on any atom is 0.298 e. The SMILES string of the molecule is CCNc1cc(OC=O)cc(P)c1C. The highest BCUT2D eigenvalue weighted by Crippen LogP contribution is 2.21. The zero-order valence-electron chi connectivity index (χ0n) is 8.33. The molecule has 1 N–H and O–H groups in total. The summed E-state index contributed by atoms with van der Waals surface area (Å²) in [6, 6.07) is 3.63. The van der Waals surface area contributed by atoms with Crippen LogP contribution >= 0.6 is 9.24 Å². The summed E-state index contributed by atoms with van der Waals surface area (Å²) in [5.74, 6) is 0.562. The average molecular weight is 211 g/mol. The lowest BCUT2D eigenvalue weighted by atomic mass is 10.2. The van der Waals surface area contributed by atoms with Crippen LogP contribution in [0.4, 0.5) is 5.69 Å². The van der Waals surface area contributed by atoms with Gasteiger partial charge in [0.05, 0.1) is 0 Å². The van der Waals surface area contributed by atoms with Gasteiger partial charge < -0.3 is 10.1 Å². The lowest BCUT2D eigenvalue weighted by Gasteiger charge is -2.11. The molecule has 1 rings (SSSR count). The second-order valence-electron chi connectivity index (χ2n) is 2.93. The van der Waals surface area contributed by atoms with Crippen LogP contribution in [-0.4, -0.2) is 13.0 Å². The van der Waals surface area contributed by atoms with Crippen molar-refractivity contribution < 1.29 is 9.53 Å². The molecule has 0 aliphatic heterocycles. The third-order valence-electron chi connectivity index (χ3n) is 1.97. The van der Waals surface area contributed by atoms with Gasteiger partial charge in [-0.1, -0.05) is 0 Å². The normalized spacial score (nSPS) is 9.64. The minimum Gasteiger partial charge on any atom is -0.429 e. The predicted molar refractivity (Wildman–Crippen MR) is 61.4 cm³/mol. The summed E-state index contributed by atoms with van der Waals surface area (Å²) in [4.78, 5) is 10.2. The van der Waals surface area contributed by atoms with E-state index in [9.17, 15) is 4.79 Å². The third kappa shape index (κ3) is 2.46. The van der Waals surface area contributed by atoms with Crippen LogP contribution in [0.3, 0.4) is 0 Å². The summed E-state index contributed by atoms with van der Waals surface area (Å²) >= 11 is 0. The Morgan fingerprint density at radius 1 is 1.57 bits per heavy atom. The number of rotatable bonds is 4. The standard InChI is InChI=1S/C10H14NO2P/c1-3-11-9-4-8(13-6-12)5-10(14)7(9)2/h4-6,11H,3,14H2,1-2H3. The first-order valence-electron chi connectivity index (χ1n) is 4.43. The molecular formula is C10H14NO2P. The molecule has 0 bridgehead atoms. The van der Waals surface area contributed by atoms with Crippen LogP contribution in [0.1, 0.15) is 12.5 Å². The Hall–Kier alpha value is -1.08. The molecule has 0 aliphatic carbocycles. The van der Waals surface area contributed by atoms with E-state index < -0.39 is 0 Å². The predicted octanol–water partition coefficient (Wildman–Crippen LogP) is 1.46. The van der Waals surface area contributed by atoms with Gasteiger partial charge in [0.2, 0.25) is 0 Å². The van der Waals surface area contributed by atoms with Gasteiger partial charge in [-0.3, -0.25) is 4.79 Å². The van der Waals surface area contributed by atoms with Crippen molar-refractivity contribution in [2.45, 2.75) is 13.8 Å². The quantitative estimate of drug-likeness (QED) is 0.605. The number of carbonyl (C=O) groups is 1. The van der Waals surface area contributed by atoms with Crippen LogP contribution < -0.4 is 15.4 Å². The molecule has 0 aliphatic rings. The Bertz CT molecular complexity index is 339. The fraction of sp³-hybridized carbons (Fsp3) is 0.300. The van der Waals surface area contributed by atoms with E-state index in [1.54, 1.807) is 0 Å². The lowest BCUT2D eigenvalue weighted by molar-refractivity contribution is -0.120. The van der Waals surface area contributed by atoms with Crippen LogP contribution in [0.15, 0.2) is 12.1 Å². The highest BCUT2D eigenvalue weighted by atomic mass is 31.0. The Kier molecular flexibility index (Phi) is 3.90. The number of hydrogen-bond donors (Lipinski definition) is 1. The van der Waals surface area contributed by atoms with Gasteiger partial charge in [0.25, 0.3) is 6.47 Å². The van der Waals surface area contributed by atoms with E-state index in [2.05, 4.69) is 14.6 Å². The second-order valence-corrected chi connectivity index (χ2v) is 3.55. The van der Waals surface area contributed by atoms with E-state index in [1.807, 2.05) is 26.0 Å². The Morgan fingerprint density at radius 3 is 2.86 bits per heavy atom. The average Bonchev–Trinajstić information content (AvgIpc) is 2.14. The largest absolute Gasteiger partial charge is 0.429 e. The second kappa shape index (κ2) is 4.97. The molecule has 0 fully saturated rings. The Labute approximate surface area is 86.0 Å². The van der Waals surface area contributed by atoms with Crippen molar-refractivity contribution in [3.05, 3.63) is 17.7 Å². The first kappa shape index (κ1) is 11.0. The highest BCUT2D eigenvalue weighted by Gasteiger charge is 2.04. The smallest absolute Gasteiger partial charge is 0.298 e. The maximum atomic E-state index is 10.2. The summed E-state index contributed by atoms with van der Waals surface area (Å²) in [6.45, 7) is 5.32. The molecule has 0 aromatic heterocycles. The fourth-order valence-corrected chi connectivity index (χ4v) is 1.53. The molecule has 0 amide bonds. The Morgan fingerprint density at radius 2 is 2.29 bits per heavy atom. The van der Waals surface area contributed by atoms with Gasteiger partial charge in [-0.2, -0.15) is 0 Å². The molecule has 0 heterocycles. The summed E-state index contributed by atoms with van der Waals surface area (Å²) in [7, 11) is 2.62. The number of benzene rings is 1. The molecule has 14 heavy (non-hydrogen) atoms. The number of anilines is 1. The molecule has 3 nitrogen and oxygen atoms in total. The van der Waals surface area contributed by atoms with Gasteiger partial charge >= 0.3 is 0 Å². The number of ether oxygens (including phenoxy) is 1. The molecule has 0 saturated carbocycles. The Balaban J connectivity index is 3.06. The van der Waals surface area contributed by atoms with Gasteiger partial charge in [-0.25, -0.2) is 0 Å². The highest BCUT2D eigenvalue weighted by molar-refractivity contribution is 7.27. The van der Waals surface area contributed by atoms with Crippen LogP contribution in [-0.2, 0) is 4.79 Å². The van der Waals surface area contributed by atoms with E-state index in [-0.39, 0.29) is 0 Å². The molecule has 1 aromatic carbocycles. The van der Waals surface area contributed by atoms with Crippen molar-refractivity contribution in [3.8, 4) is 5.75 Å². The van der Waals surface area contributed by atoms with Gasteiger partial charge in [-0.15, -0.1) is 9.24 Å². The van der Waals surface area contributed by atoms with Crippen molar-refractivity contribution in [2.75, 3.05) is 11.9 Å². The van der Waals surface area contributed by atoms with Gasteiger partial charge in [0.1, 0.15) is 5.75 Å². The van der Waals surface area contributed by atoms with Crippen molar-refractivity contribution in [2.24, 2.45) is 0 Å². The molecule has 0 radical (unpaired) electrons. The van der Waals surface area contributed by atoms with Gasteiger partial charge in [0, 0.05) is 18.3 Å². The van der Waals surface area contributed by atoms with Crippen molar-refractivity contribution in [1.82, 2.24) is 0 Å². The van der Waals surface area contributed by atoms with Crippen LogP contribution in [0, 0.1) is 6.92 Å². The number of carbonyl (C=O) groups excluding carboxylic acids is 1. The van der Waals surface area contributed by atoms with Crippen molar-refractivity contribution >= 4 is 26.7 Å². The van der Waals surface area contributed by atoms with Gasteiger partial charge in [-0.05, 0) is 30.8 Å². The molecule has 0 saturated heterocycles. The fourth-order valence-electron chi connectivity index (χ4n) is 1.21. The molecule has 1 atom stereocenters. The third-order valence-corrected chi connectivity index (χ3v) is 2.57. The summed E-state index contributed by atoms with van der Waals surface area (Å²) in [6.07, 6.45) is 0. The van der Waals surface area contributed by atoms with Crippen LogP contribution in [0.2, 0.25) is 0 Å². The molecule has 4 heteroatoms. The minimum absolute atomic E-state index is 0.435. The van der Waals surface area contributed by atoms with E-state index in [4.69, 9.17) is 4.74 Å². The molecule has 1 aromatic rings. The first-order valence-corrected chi connectivity index (χ1v) is 5.01. The minimum atomic E-state index is 0.435. The lowest BCUT2D eigenvalue weighted by Crippen LogP contribution is -2.06. The van der Waals surface area contributed by atoms with Gasteiger partial charge in [0.15, 0.2) is 0 Å². The van der Waals surface area contributed by atoms with Crippen LogP contribution in [0.25, 0.3) is 0 Å². The molecule has 76 valence electrons.